The van der Waals surface area contributed by atoms with Crippen molar-refractivity contribution in [3.63, 3.8) is 0 Å². The highest BCUT2D eigenvalue weighted by Crippen LogP contribution is 2.32. The average Bonchev–Trinajstić information content (AvgIpc) is 3.46. The number of carbonyl (C=O) groups is 2. The highest BCUT2D eigenvalue weighted by molar-refractivity contribution is 6.07. The third-order valence-corrected chi connectivity index (χ3v) is 6.35. The molecule has 0 unspecified atom stereocenters. The predicted octanol–water partition coefficient (Wildman–Crippen LogP) is 3.40. The largest absolute Gasteiger partial charge is 0.460 e. The molecule has 3 aromatic rings. The number of aliphatic hydroxyl groups is 1. The third-order valence-electron chi connectivity index (χ3n) is 6.35. The van der Waals surface area contributed by atoms with Crippen LogP contribution in [0.1, 0.15) is 51.1 Å². The number of fused-ring (bicyclic) bond motifs is 1. The van der Waals surface area contributed by atoms with Gasteiger partial charge in [-0.2, -0.15) is 0 Å². The molecule has 178 valence electrons. The first-order valence-electron chi connectivity index (χ1n) is 11.1. The summed E-state index contributed by atoms with van der Waals surface area (Å²) in [5, 5.41) is 20.9. The van der Waals surface area contributed by atoms with Crippen molar-refractivity contribution in [1.82, 2.24) is 15.2 Å². The van der Waals surface area contributed by atoms with E-state index in [1.807, 2.05) is 13.8 Å². The fraction of sp³-hybridized carbons (Fsp3) is 0.320. The third kappa shape index (κ3) is 3.99. The summed E-state index contributed by atoms with van der Waals surface area (Å²) in [7, 11) is 1.57. The Morgan fingerprint density at radius 1 is 1.35 bits per heavy atom. The quantitative estimate of drug-likeness (QED) is 0.328. The Balaban J connectivity index is 1.63. The summed E-state index contributed by atoms with van der Waals surface area (Å²) in [6, 6.07) is 4.91. The topological polar surface area (TPSA) is 132 Å². The van der Waals surface area contributed by atoms with E-state index in [0.717, 1.165) is 6.21 Å². The summed E-state index contributed by atoms with van der Waals surface area (Å²) in [5.74, 6) is 0.929. The van der Waals surface area contributed by atoms with Gasteiger partial charge in [0, 0.05) is 43.5 Å². The second kappa shape index (κ2) is 9.18. The molecular formula is C25H28N4O5. The number of aromatic nitrogens is 1. The van der Waals surface area contributed by atoms with Gasteiger partial charge in [-0.15, -0.1) is 0 Å². The van der Waals surface area contributed by atoms with E-state index < -0.39 is 6.10 Å². The first kappa shape index (κ1) is 23.3. The van der Waals surface area contributed by atoms with Crippen molar-refractivity contribution in [3.05, 3.63) is 58.6 Å². The molecule has 3 heterocycles. The first-order valence-corrected chi connectivity index (χ1v) is 11.1. The number of H-pyrrole nitrogens is 1. The van der Waals surface area contributed by atoms with E-state index >= 15 is 0 Å². The van der Waals surface area contributed by atoms with Crippen LogP contribution in [0.15, 0.2) is 34.9 Å². The van der Waals surface area contributed by atoms with Crippen LogP contribution in [0.5, 0.6) is 5.75 Å². The van der Waals surface area contributed by atoms with Gasteiger partial charge in [-0.25, -0.2) is 0 Å². The zero-order valence-electron chi connectivity index (χ0n) is 19.6. The fourth-order valence-electron chi connectivity index (χ4n) is 4.38. The maximum Gasteiger partial charge on any atom is 0.256 e. The van der Waals surface area contributed by atoms with Crippen LogP contribution >= 0.6 is 0 Å². The minimum atomic E-state index is -0.525. The number of nitrogens with zero attached hydrogens (tertiary/aromatic N) is 1. The molecule has 4 N–H and O–H groups in total. The molecule has 1 aliphatic heterocycles. The van der Waals surface area contributed by atoms with Gasteiger partial charge in [0.15, 0.2) is 5.76 Å². The molecule has 2 aromatic heterocycles. The van der Waals surface area contributed by atoms with Gasteiger partial charge >= 0.3 is 0 Å². The molecule has 0 bridgehead atoms. The molecule has 9 heteroatoms. The molecule has 0 aliphatic carbocycles. The van der Waals surface area contributed by atoms with Crippen LogP contribution in [0.25, 0.3) is 16.7 Å². The minimum Gasteiger partial charge on any atom is -0.460 e. The standard InChI is InChI=1S/C25H28N4O5/c1-13-18(25(32)29-10-8-19(30)14(29)2)12-28-23(13)20(7-9-26)34-16-5-6-17-21(11-16)33-15(3)22(17)24(31)27-4/h5-7,9,11-12,14,19,26,28,30H,8,10H2,1-4H3,(H,27,31)/b20-7+,26-9?/t14-,19+/m0/s1. The van der Waals surface area contributed by atoms with Gasteiger partial charge in [0.2, 0.25) is 0 Å². The normalized spacial score (nSPS) is 18.4. The van der Waals surface area contributed by atoms with Gasteiger partial charge in [0.1, 0.15) is 17.1 Å². The highest BCUT2D eigenvalue weighted by Gasteiger charge is 2.34. The van der Waals surface area contributed by atoms with Crippen molar-refractivity contribution in [2.45, 2.75) is 39.3 Å². The molecule has 9 nitrogen and oxygen atoms in total. The zero-order chi connectivity index (χ0) is 24.6. The van der Waals surface area contributed by atoms with Gasteiger partial charge in [-0.05, 0) is 44.9 Å². The van der Waals surface area contributed by atoms with Crippen LogP contribution in [-0.4, -0.2) is 58.8 Å². The number of aryl methyl sites for hydroxylation is 1. The summed E-state index contributed by atoms with van der Waals surface area (Å²) < 4.78 is 11.8. The van der Waals surface area contributed by atoms with E-state index in [-0.39, 0.29) is 17.9 Å². The summed E-state index contributed by atoms with van der Waals surface area (Å²) in [6.07, 6.45) is 4.25. The summed E-state index contributed by atoms with van der Waals surface area (Å²) in [5.41, 5.74) is 2.72. The van der Waals surface area contributed by atoms with Gasteiger partial charge in [0.05, 0.1) is 29.0 Å². The van der Waals surface area contributed by atoms with Crippen molar-refractivity contribution < 1.29 is 23.8 Å². The number of aromatic amines is 1. The van der Waals surface area contributed by atoms with Crippen LogP contribution in [0.3, 0.4) is 0 Å². The number of nitrogens with one attached hydrogen (secondary N) is 3. The Bertz CT molecular complexity index is 1300. The number of rotatable bonds is 6. The van der Waals surface area contributed by atoms with E-state index in [1.54, 1.807) is 43.3 Å². The zero-order valence-corrected chi connectivity index (χ0v) is 19.6. The van der Waals surface area contributed by atoms with Gasteiger partial charge in [-0.3, -0.25) is 9.59 Å². The van der Waals surface area contributed by atoms with E-state index in [1.165, 1.54) is 6.08 Å². The Kier molecular flexibility index (Phi) is 6.30. The second-order valence-electron chi connectivity index (χ2n) is 8.37. The lowest BCUT2D eigenvalue weighted by Gasteiger charge is -2.22. The summed E-state index contributed by atoms with van der Waals surface area (Å²) >= 11 is 0. The monoisotopic (exact) mass is 464 g/mol. The van der Waals surface area contributed by atoms with E-state index in [2.05, 4.69) is 10.3 Å². The minimum absolute atomic E-state index is 0.160. The molecule has 2 atom stereocenters. The Labute approximate surface area is 196 Å². The second-order valence-corrected chi connectivity index (χ2v) is 8.37. The van der Waals surface area contributed by atoms with Gasteiger partial charge < -0.3 is 34.9 Å². The lowest BCUT2D eigenvalue weighted by molar-refractivity contribution is 0.0666. The van der Waals surface area contributed by atoms with Gasteiger partial charge in [-0.1, -0.05) is 0 Å². The number of carbonyl (C=O) groups excluding carboxylic acids is 2. The predicted molar refractivity (Wildman–Crippen MR) is 128 cm³/mol. The lowest BCUT2D eigenvalue weighted by Crippen LogP contribution is -2.37. The molecule has 4 rings (SSSR count). The number of hydrogen-bond donors (Lipinski definition) is 4. The van der Waals surface area contributed by atoms with Crippen molar-refractivity contribution in [2.24, 2.45) is 0 Å². The molecule has 1 fully saturated rings. The number of likely N-dealkylation sites (tertiary alicyclic amines) is 1. The van der Waals surface area contributed by atoms with Crippen LogP contribution in [0.4, 0.5) is 0 Å². The van der Waals surface area contributed by atoms with Crippen LogP contribution in [-0.2, 0) is 0 Å². The molecular weight excluding hydrogens is 436 g/mol. The summed E-state index contributed by atoms with van der Waals surface area (Å²) in [6.45, 7) is 5.88. The Morgan fingerprint density at radius 2 is 2.12 bits per heavy atom. The van der Waals surface area contributed by atoms with Crippen molar-refractivity contribution in [3.8, 4) is 5.75 Å². The number of aliphatic hydroxyl groups excluding tert-OH is 1. The van der Waals surface area contributed by atoms with Crippen LogP contribution < -0.4 is 10.1 Å². The number of ether oxygens (including phenoxy) is 1. The number of furan rings is 1. The first-order chi connectivity index (χ1) is 16.3. The number of amides is 2. The molecule has 0 saturated carbocycles. The van der Waals surface area contributed by atoms with Crippen LogP contribution in [0, 0.1) is 19.3 Å². The maximum atomic E-state index is 13.1. The molecule has 34 heavy (non-hydrogen) atoms. The van der Waals surface area contributed by atoms with E-state index in [0.29, 0.717) is 63.6 Å². The summed E-state index contributed by atoms with van der Waals surface area (Å²) in [4.78, 5) is 30.0. The fourth-order valence-corrected chi connectivity index (χ4v) is 4.38. The highest BCUT2D eigenvalue weighted by atomic mass is 16.5. The number of benzene rings is 1. The van der Waals surface area contributed by atoms with Crippen molar-refractivity contribution in [2.75, 3.05) is 13.6 Å². The van der Waals surface area contributed by atoms with E-state index in [9.17, 15) is 14.7 Å². The average molecular weight is 465 g/mol. The smallest absolute Gasteiger partial charge is 0.256 e. The SMILES string of the molecule is CNC(=O)c1c(C)oc2cc(O/C(=C/C=N)c3[nH]cc(C(=O)N4CC[C@@H](O)[C@@H]4C)c3C)ccc12. The molecule has 1 saturated heterocycles. The van der Waals surface area contributed by atoms with Crippen LogP contribution in [0.2, 0.25) is 0 Å². The molecule has 2 amide bonds. The molecule has 1 aromatic carbocycles. The molecule has 1 aliphatic rings. The Morgan fingerprint density at radius 3 is 2.76 bits per heavy atom. The number of allylic oxidation sites excluding steroid dienone is 1. The molecule has 0 spiro atoms. The molecule has 0 radical (unpaired) electrons. The maximum absolute atomic E-state index is 13.1. The Hall–Kier alpha value is -3.85. The van der Waals surface area contributed by atoms with E-state index in [4.69, 9.17) is 14.6 Å². The number of hydrogen-bond acceptors (Lipinski definition) is 6. The van der Waals surface area contributed by atoms with Gasteiger partial charge in [0.25, 0.3) is 11.8 Å². The van der Waals surface area contributed by atoms with Crippen molar-refractivity contribution in [1.29, 1.82) is 5.41 Å². The lowest BCUT2D eigenvalue weighted by atomic mass is 10.1. The van der Waals surface area contributed by atoms with Crippen molar-refractivity contribution >= 4 is 34.8 Å².